The van der Waals surface area contributed by atoms with E-state index in [0.717, 1.165) is 5.75 Å². The van der Waals surface area contributed by atoms with Crippen LogP contribution in [0.3, 0.4) is 0 Å². The summed E-state index contributed by atoms with van der Waals surface area (Å²) in [7, 11) is 0. The van der Waals surface area contributed by atoms with Gasteiger partial charge in [0.25, 0.3) is 0 Å². The molecule has 0 aromatic carbocycles. The van der Waals surface area contributed by atoms with E-state index in [1.54, 1.807) is 6.92 Å². The van der Waals surface area contributed by atoms with E-state index >= 15 is 0 Å². The Morgan fingerprint density at radius 3 is 1.38 bits per heavy atom. The van der Waals surface area contributed by atoms with Crippen molar-refractivity contribution in [3.05, 3.63) is 0 Å². The lowest BCUT2D eigenvalue weighted by molar-refractivity contribution is -0.0979. The third kappa shape index (κ3) is 19.8. The van der Waals surface area contributed by atoms with Crippen LogP contribution in [0.2, 0.25) is 0 Å². The number of rotatable bonds is 20. The Balaban J connectivity index is 3.71. The lowest BCUT2D eigenvalue weighted by atomic mass is 10.3. The predicted octanol–water partition coefficient (Wildman–Crippen LogP) is 3.93. The molecular formula is C22H46O6S. The topological polar surface area (TPSA) is 66.4 Å². The lowest BCUT2D eigenvalue weighted by Crippen LogP contribution is -2.29. The standard InChI is InChI=1S/C22H46O6S/c1-8-9-10-29-16-22(7)28-15-21(6)27-14-20(5)26-13-19(4)25-12-18(3)24-11-17(2)23/h17-23H,8-16H2,1-7H3. The zero-order valence-electron chi connectivity index (χ0n) is 19.7. The van der Waals surface area contributed by atoms with Gasteiger partial charge >= 0.3 is 0 Å². The monoisotopic (exact) mass is 438 g/mol. The fraction of sp³-hybridized carbons (Fsp3) is 1.00. The highest BCUT2D eigenvalue weighted by Gasteiger charge is 2.13. The van der Waals surface area contributed by atoms with E-state index in [9.17, 15) is 5.11 Å². The van der Waals surface area contributed by atoms with Gasteiger partial charge in [-0.1, -0.05) is 13.3 Å². The quantitative estimate of drug-likeness (QED) is 0.289. The minimum Gasteiger partial charge on any atom is -0.391 e. The Bertz CT molecular complexity index is 358. The third-order valence-corrected chi connectivity index (χ3v) is 5.36. The van der Waals surface area contributed by atoms with Gasteiger partial charge in [0.05, 0.1) is 69.7 Å². The molecule has 0 aliphatic carbocycles. The summed E-state index contributed by atoms with van der Waals surface area (Å²) in [5.74, 6) is 2.24. The van der Waals surface area contributed by atoms with Gasteiger partial charge in [-0.3, -0.25) is 0 Å². The van der Waals surface area contributed by atoms with E-state index in [1.165, 1.54) is 18.6 Å². The van der Waals surface area contributed by atoms with Gasteiger partial charge in [-0.05, 0) is 53.7 Å². The fourth-order valence-electron chi connectivity index (χ4n) is 2.24. The second kappa shape index (κ2) is 18.8. The van der Waals surface area contributed by atoms with Crippen molar-refractivity contribution in [3.63, 3.8) is 0 Å². The third-order valence-electron chi connectivity index (χ3n) is 4.08. The first-order valence-electron chi connectivity index (χ1n) is 11.1. The van der Waals surface area contributed by atoms with Crippen molar-refractivity contribution in [1.29, 1.82) is 0 Å². The molecule has 176 valence electrons. The van der Waals surface area contributed by atoms with Crippen LogP contribution >= 0.6 is 11.8 Å². The number of hydrogen-bond donors (Lipinski definition) is 1. The van der Waals surface area contributed by atoms with Gasteiger partial charge in [-0.2, -0.15) is 11.8 Å². The molecule has 0 saturated carbocycles. The van der Waals surface area contributed by atoms with Gasteiger partial charge in [0, 0.05) is 5.75 Å². The van der Waals surface area contributed by atoms with Crippen LogP contribution < -0.4 is 0 Å². The Kier molecular flexibility index (Phi) is 18.9. The van der Waals surface area contributed by atoms with E-state index < -0.39 is 6.10 Å². The SMILES string of the molecule is CCCCSCC(C)OCC(C)OCC(C)OCC(C)OCC(C)OCC(C)O. The number of unbranched alkanes of at least 4 members (excludes halogenated alkanes) is 1. The summed E-state index contributed by atoms with van der Waals surface area (Å²) >= 11 is 1.96. The lowest BCUT2D eigenvalue weighted by Gasteiger charge is -2.22. The maximum Gasteiger partial charge on any atom is 0.0781 e. The van der Waals surface area contributed by atoms with Crippen molar-refractivity contribution >= 4 is 11.8 Å². The summed E-state index contributed by atoms with van der Waals surface area (Å²) in [4.78, 5) is 0. The summed E-state index contributed by atoms with van der Waals surface area (Å²) in [5, 5.41) is 9.22. The van der Waals surface area contributed by atoms with Crippen LogP contribution in [-0.2, 0) is 23.7 Å². The predicted molar refractivity (Wildman–Crippen MR) is 121 cm³/mol. The molecule has 0 bridgehead atoms. The maximum atomic E-state index is 9.22. The van der Waals surface area contributed by atoms with Gasteiger partial charge in [-0.25, -0.2) is 0 Å². The average Bonchev–Trinajstić information content (AvgIpc) is 2.69. The fourth-order valence-corrected chi connectivity index (χ4v) is 3.33. The van der Waals surface area contributed by atoms with Crippen molar-refractivity contribution in [2.24, 2.45) is 0 Å². The summed E-state index contributed by atoms with van der Waals surface area (Å²) in [6.07, 6.45) is 2.27. The van der Waals surface area contributed by atoms with E-state index in [4.69, 9.17) is 23.7 Å². The first-order valence-corrected chi connectivity index (χ1v) is 12.2. The Labute approximate surface area is 183 Å². The van der Waals surface area contributed by atoms with E-state index in [-0.39, 0.29) is 30.5 Å². The van der Waals surface area contributed by atoms with Crippen LogP contribution in [0.4, 0.5) is 0 Å². The van der Waals surface area contributed by atoms with E-state index in [0.29, 0.717) is 33.0 Å². The molecule has 0 rings (SSSR count). The molecule has 6 unspecified atom stereocenters. The normalized spacial score (nSPS) is 18.2. The Morgan fingerprint density at radius 2 is 1.00 bits per heavy atom. The molecule has 0 amide bonds. The zero-order valence-corrected chi connectivity index (χ0v) is 20.5. The van der Waals surface area contributed by atoms with Crippen molar-refractivity contribution in [2.75, 3.05) is 44.5 Å². The van der Waals surface area contributed by atoms with Crippen LogP contribution in [0.5, 0.6) is 0 Å². The van der Waals surface area contributed by atoms with Gasteiger partial charge in [0.2, 0.25) is 0 Å². The smallest absolute Gasteiger partial charge is 0.0781 e. The summed E-state index contributed by atoms with van der Waals surface area (Å²) < 4.78 is 28.7. The number of thioether (sulfide) groups is 1. The zero-order chi connectivity index (χ0) is 22.1. The van der Waals surface area contributed by atoms with Gasteiger partial charge in [0.1, 0.15) is 0 Å². The molecule has 29 heavy (non-hydrogen) atoms. The van der Waals surface area contributed by atoms with Gasteiger partial charge in [0.15, 0.2) is 0 Å². The van der Waals surface area contributed by atoms with Crippen LogP contribution in [0, 0.1) is 0 Å². The highest BCUT2D eigenvalue weighted by atomic mass is 32.2. The number of aliphatic hydroxyl groups is 1. The first-order chi connectivity index (χ1) is 13.7. The number of hydrogen-bond acceptors (Lipinski definition) is 7. The highest BCUT2D eigenvalue weighted by Crippen LogP contribution is 2.09. The minimum absolute atomic E-state index is 0.00515. The molecule has 0 aliphatic rings. The Morgan fingerprint density at radius 1 is 0.621 bits per heavy atom. The molecule has 0 aromatic rings. The van der Waals surface area contributed by atoms with Crippen molar-refractivity contribution in [2.45, 2.75) is 97.9 Å². The molecule has 1 N–H and O–H groups in total. The van der Waals surface area contributed by atoms with Crippen LogP contribution in [0.25, 0.3) is 0 Å². The molecule has 0 radical (unpaired) electrons. The maximum absolute atomic E-state index is 9.22. The second-order valence-corrected chi connectivity index (χ2v) is 9.15. The Hall–Kier alpha value is 0.110. The van der Waals surface area contributed by atoms with E-state index in [1.807, 2.05) is 39.5 Å². The molecule has 6 atom stereocenters. The molecule has 0 spiro atoms. The largest absolute Gasteiger partial charge is 0.391 e. The van der Waals surface area contributed by atoms with Crippen LogP contribution in [-0.4, -0.2) is 86.3 Å². The molecule has 0 aromatic heterocycles. The molecule has 0 aliphatic heterocycles. The van der Waals surface area contributed by atoms with Crippen LogP contribution in [0.15, 0.2) is 0 Å². The molecule has 0 fully saturated rings. The van der Waals surface area contributed by atoms with Crippen molar-refractivity contribution in [1.82, 2.24) is 0 Å². The molecule has 7 heteroatoms. The van der Waals surface area contributed by atoms with Gasteiger partial charge < -0.3 is 28.8 Å². The molecular weight excluding hydrogens is 392 g/mol. The van der Waals surface area contributed by atoms with Gasteiger partial charge in [-0.15, -0.1) is 0 Å². The average molecular weight is 439 g/mol. The summed E-state index contributed by atoms with van der Waals surface area (Å²) in [5.41, 5.74) is 0. The van der Waals surface area contributed by atoms with Crippen LogP contribution in [0.1, 0.15) is 61.3 Å². The molecule has 6 nitrogen and oxygen atoms in total. The van der Waals surface area contributed by atoms with Crippen molar-refractivity contribution in [3.8, 4) is 0 Å². The highest BCUT2D eigenvalue weighted by molar-refractivity contribution is 7.99. The number of ether oxygens (including phenoxy) is 5. The summed E-state index contributed by atoms with van der Waals surface area (Å²) in [6, 6.07) is 0. The molecule has 0 saturated heterocycles. The summed E-state index contributed by atoms with van der Waals surface area (Å²) in [6.45, 7) is 16.4. The van der Waals surface area contributed by atoms with E-state index in [2.05, 4.69) is 13.8 Å². The first kappa shape index (κ1) is 29.1. The number of aliphatic hydroxyl groups excluding tert-OH is 1. The van der Waals surface area contributed by atoms with Crippen molar-refractivity contribution < 1.29 is 28.8 Å². The minimum atomic E-state index is -0.459. The second-order valence-electron chi connectivity index (χ2n) is 8.00. The molecule has 0 heterocycles.